The van der Waals surface area contributed by atoms with Crippen LogP contribution < -0.4 is 5.32 Å². The maximum Gasteiger partial charge on any atom is 0.442 e. The van der Waals surface area contributed by atoms with Crippen LogP contribution >= 0.6 is 11.8 Å². The van der Waals surface area contributed by atoms with Crippen LogP contribution in [0.3, 0.4) is 0 Å². The Kier molecular flexibility index (Phi) is 5.30. The summed E-state index contributed by atoms with van der Waals surface area (Å²) in [5.74, 6) is -2.56. The second-order valence-corrected chi connectivity index (χ2v) is 5.23. The van der Waals surface area contributed by atoms with E-state index in [-0.39, 0.29) is 17.8 Å². The number of thioether (sulfide) groups is 1. The van der Waals surface area contributed by atoms with Crippen LogP contribution in [-0.2, 0) is 9.59 Å². The molecule has 1 amide bonds. The summed E-state index contributed by atoms with van der Waals surface area (Å²) >= 11 is -0.370. The Morgan fingerprint density at radius 2 is 1.78 bits per heavy atom. The summed E-state index contributed by atoms with van der Waals surface area (Å²) in [6, 6.07) is -0.207. The largest absolute Gasteiger partial charge is 0.481 e. The third-order valence-corrected chi connectivity index (χ3v) is 3.54. The molecule has 0 heterocycles. The van der Waals surface area contributed by atoms with Crippen LogP contribution in [0.5, 0.6) is 0 Å². The van der Waals surface area contributed by atoms with E-state index in [1.807, 2.05) is 0 Å². The molecule has 2 N–H and O–H groups in total. The second kappa shape index (κ2) is 6.31. The molecule has 0 aromatic heterocycles. The number of aliphatic carboxylic acids is 1. The van der Waals surface area contributed by atoms with Gasteiger partial charge in [0.05, 0.1) is 11.7 Å². The van der Waals surface area contributed by atoms with Crippen LogP contribution in [0.25, 0.3) is 0 Å². The lowest BCUT2D eigenvalue weighted by Crippen LogP contribution is -2.39. The number of halogens is 3. The molecule has 104 valence electrons. The second-order valence-electron chi connectivity index (χ2n) is 4.19. The molecule has 1 rings (SSSR count). The molecule has 0 atom stereocenters. The van der Waals surface area contributed by atoms with Crippen LogP contribution in [0, 0.1) is 5.92 Å². The molecule has 0 aromatic carbocycles. The summed E-state index contributed by atoms with van der Waals surface area (Å²) < 4.78 is 35.6. The fraction of sp³-hybridized carbons (Fsp3) is 0.800. The van der Waals surface area contributed by atoms with Crippen LogP contribution in [-0.4, -0.2) is 34.3 Å². The number of nitrogens with one attached hydrogen (secondary N) is 1. The molecule has 0 spiro atoms. The van der Waals surface area contributed by atoms with Crippen molar-refractivity contribution in [2.75, 3.05) is 5.75 Å². The van der Waals surface area contributed by atoms with Gasteiger partial charge in [0.25, 0.3) is 0 Å². The van der Waals surface area contributed by atoms with Gasteiger partial charge in [-0.05, 0) is 37.4 Å². The highest BCUT2D eigenvalue weighted by Gasteiger charge is 2.30. The van der Waals surface area contributed by atoms with Gasteiger partial charge in [0.1, 0.15) is 0 Å². The number of carboxylic acids is 1. The number of amides is 1. The van der Waals surface area contributed by atoms with Crippen molar-refractivity contribution in [3.63, 3.8) is 0 Å². The van der Waals surface area contributed by atoms with Crippen molar-refractivity contribution < 1.29 is 27.9 Å². The van der Waals surface area contributed by atoms with E-state index in [9.17, 15) is 22.8 Å². The minimum absolute atomic E-state index is 0.207. The number of carbonyl (C=O) groups excluding carboxylic acids is 1. The monoisotopic (exact) mass is 285 g/mol. The van der Waals surface area contributed by atoms with Crippen molar-refractivity contribution in [3.05, 3.63) is 0 Å². The van der Waals surface area contributed by atoms with Crippen molar-refractivity contribution >= 4 is 23.6 Å². The van der Waals surface area contributed by atoms with E-state index in [0.717, 1.165) is 0 Å². The lowest BCUT2D eigenvalue weighted by molar-refractivity contribution is -0.142. The standard InChI is InChI=1S/C10H14F3NO3S/c11-10(12,13)18-5-8(15)14-7-3-1-6(2-4-7)9(16)17/h6-7H,1-5H2,(H,14,15)(H,16,17). The topological polar surface area (TPSA) is 66.4 Å². The molecule has 1 fully saturated rings. The van der Waals surface area contributed by atoms with Crippen LogP contribution in [0.1, 0.15) is 25.7 Å². The van der Waals surface area contributed by atoms with Gasteiger partial charge in [0.2, 0.25) is 5.91 Å². The molecule has 0 bridgehead atoms. The van der Waals surface area contributed by atoms with Gasteiger partial charge in [-0.25, -0.2) is 0 Å². The molecule has 0 saturated heterocycles. The highest BCUT2D eigenvalue weighted by atomic mass is 32.2. The molecular formula is C10H14F3NO3S. The Labute approximate surface area is 106 Å². The molecule has 0 aliphatic heterocycles. The lowest BCUT2D eigenvalue weighted by Gasteiger charge is -2.26. The molecule has 0 unspecified atom stereocenters. The van der Waals surface area contributed by atoms with Gasteiger partial charge < -0.3 is 10.4 Å². The quantitative estimate of drug-likeness (QED) is 0.829. The molecule has 1 saturated carbocycles. The van der Waals surface area contributed by atoms with Gasteiger partial charge in [-0.15, -0.1) is 0 Å². The summed E-state index contributed by atoms with van der Waals surface area (Å²) in [5.41, 5.74) is -4.40. The molecule has 4 nitrogen and oxygen atoms in total. The van der Waals surface area contributed by atoms with Crippen molar-refractivity contribution in [2.24, 2.45) is 5.92 Å². The minimum Gasteiger partial charge on any atom is -0.481 e. The van der Waals surface area contributed by atoms with Crippen molar-refractivity contribution in [1.29, 1.82) is 0 Å². The summed E-state index contributed by atoms with van der Waals surface area (Å²) in [6.45, 7) is 0. The van der Waals surface area contributed by atoms with Crippen molar-refractivity contribution in [1.82, 2.24) is 5.32 Å². The van der Waals surface area contributed by atoms with E-state index in [2.05, 4.69) is 5.32 Å². The first-order chi connectivity index (χ1) is 8.28. The highest BCUT2D eigenvalue weighted by molar-refractivity contribution is 8.00. The number of carbonyl (C=O) groups is 2. The molecule has 0 aromatic rings. The Hall–Kier alpha value is -0.920. The fourth-order valence-corrected chi connectivity index (χ4v) is 2.28. The fourth-order valence-electron chi connectivity index (χ4n) is 1.90. The first kappa shape index (κ1) is 15.1. The van der Waals surface area contributed by atoms with Gasteiger partial charge >= 0.3 is 11.5 Å². The SMILES string of the molecule is O=C(CSC(F)(F)F)NC1CCC(C(=O)O)CC1. The zero-order chi connectivity index (χ0) is 13.8. The van der Waals surface area contributed by atoms with Crippen LogP contribution in [0.2, 0.25) is 0 Å². The average molecular weight is 285 g/mol. The highest BCUT2D eigenvalue weighted by Crippen LogP contribution is 2.30. The predicted molar refractivity (Wildman–Crippen MR) is 60.0 cm³/mol. The van der Waals surface area contributed by atoms with Gasteiger partial charge in [-0.2, -0.15) is 13.2 Å². The summed E-state index contributed by atoms with van der Waals surface area (Å²) in [7, 11) is 0. The van der Waals surface area contributed by atoms with E-state index in [1.54, 1.807) is 0 Å². The van der Waals surface area contributed by atoms with Gasteiger partial charge in [0, 0.05) is 6.04 Å². The Balaban J connectivity index is 2.24. The van der Waals surface area contributed by atoms with E-state index in [0.29, 0.717) is 25.7 Å². The number of hydrogen-bond donors (Lipinski definition) is 2. The molecule has 1 aliphatic carbocycles. The minimum atomic E-state index is -4.40. The Bertz CT molecular complexity index is 314. The van der Waals surface area contributed by atoms with Gasteiger partial charge in [-0.1, -0.05) is 0 Å². The molecule has 18 heavy (non-hydrogen) atoms. The first-order valence-electron chi connectivity index (χ1n) is 5.51. The number of carboxylic acid groups (broad SMARTS) is 1. The zero-order valence-corrected chi connectivity index (χ0v) is 10.3. The zero-order valence-electron chi connectivity index (χ0n) is 9.50. The van der Waals surface area contributed by atoms with E-state index in [4.69, 9.17) is 5.11 Å². The Morgan fingerprint density at radius 1 is 1.22 bits per heavy atom. The van der Waals surface area contributed by atoms with Crippen LogP contribution in [0.15, 0.2) is 0 Å². The van der Waals surface area contributed by atoms with Crippen molar-refractivity contribution in [2.45, 2.75) is 37.2 Å². The first-order valence-corrected chi connectivity index (χ1v) is 6.49. The molecule has 1 aliphatic rings. The number of hydrogen-bond acceptors (Lipinski definition) is 3. The van der Waals surface area contributed by atoms with E-state index < -0.39 is 29.1 Å². The van der Waals surface area contributed by atoms with Crippen LogP contribution in [0.4, 0.5) is 13.2 Å². The van der Waals surface area contributed by atoms with Gasteiger partial charge in [-0.3, -0.25) is 9.59 Å². The van der Waals surface area contributed by atoms with Crippen molar-refractivity contribution in [3.8, 4) is 0 Å². The molecular weight excluding hydrogens is 271 g/mol. The van der Waals surface area contributed by atoms with Gasteiger partial charge in [0.15, 0.2) is 0 Å². The Morgan fingerprint density at radius 3 is 2.22 bits per heavy atom. The summed E-state index contributed by atoms with van der Waals surface area (Å²) in [4.78, 5) is 21.9. The number of alkyl halides is 3. The van der Waals surface area contributed by atoms with E-state index >= 15 is 0 Å². The maximum atomic E-state index is 11.9. The molecule has 0 radical (unpaired) electrons. The smallest absolute Gasteiger partial charge is 0.442 e. The van der Waals surface area contributed by atoms with E-state index in [1.165, 1.54) is 0 Å². The lowest BCUT2D eigenvalue weighted by atomic mass is 9.86. The third kappa shape index (κ3) is 5.61. The number of rotatable bonds is 4. The summed E-state index contributed by atoms with van der Waals surface area (Å²) in [6.07, 6.45) is 1.90. The predicted octanol–water partition coefficient (Wildman–Crippen LogP) is 2.00. The third-order valence-electron chi connectivity index (χ3n) is 2.81. The normalized spacial score (nSPS) is 24.6. The average Bonchev–Trinajstić information content (AvgIpc) is 2.26. The summed E-state index contributed by atoms with van der Waals surface area (Å²) in [5, 5.41) is 11.3. The molecule has 8 heteroatoms. The maximum absolute atomic E-state index is 11.9.